The largest absolute Gasteiger partial charge is 0.388 e. The highest BCUT2D eigenvalue weighted by Crippen LogP contribution is 2.31. The lowest BCUT2D eigenvalue weighted by Gasteiger charge is -2.23. The van der Waals surface area contributed by atoms with E-state index in [4.69, 9.17) is 4.74 Å². The Morgan fingerprint density at radius 2 is 1.86 bits per heavy atom. The second-order valence-electron chi connectivity index (χ2n) is 7.28. The molecule has 0 amide bonds. The van der Waals surface area contributed by atoms with Crippen molar-refractivity contribution >= 4 is 26.4 Å². The highest BCUT2D eigenvalue weighted by atomic mass is 32.2. The summed E-state index contributed by atoms with van der Waals surface area (Å²) in [5.41, 5.74) is 4.81. The lowest BCUT2D eigenvalue weighted by Crippen LogP contribution is -2.29. The van der Waals surface area contributed by atoms with Crippen LogP contribution in [-0.4, -0.2) is 49.1 Å². The summed E-state index contributed by atoms with van der Waals surface area (Å²) in [6.07, 6.45) is 4.66. The Morgan fingerprint density at radius 3 is 2.41 bits per heavy atom. The van der Waals surface area contributed by atoms with Crippen LogP contribution < -0.4 is 5.32 Å². The topological polar surface area (TPSA) is 97.0 Å². The molecular formula is C21H28N4O3S. The normalized spacial score (nSPS) is 15.0. The van der Waals surface area contributed by atoms with E-state index in [1.54, 1.807) is 12.3 Å². The van der Waals surface area contributed by atoms with Gasteiger partial charge in [-0.25, -0.2) is 8.42 Å². The summed E-state index contributed by atoms with van der Waals surface area (Å²) in [4.78, 5) is 4.74. The Bertz CT molecular complexity index is 1070. The molecule has 1 aliphatic rings. The zero-order chi connectivity index (χ0) is 21.0. The standard InChI is InChI=1S/C16H20N2O3S.C5H8N2/c1-11-9-15-13(14(17-2)3-6-18-15)10-16(11)22(19,20)12-4-7-21-8-5-12;1-4-3-6-7-5(4)2/h3,6,9-10,12H,4-5,7-8H2,1-2H3,(H,17,18);3H,1-2H3,(H,6,7). The van der Waals surface area contributed by atoms with E-state index >= 15 is 0 Å². The molecular weight excluding hydrogens is 388 g/mol. The molecule has 0 radical (unpaired) electrons. The van der Waals surface area contributed by atoms with E-state index in [9.17, 15) is 8.42 Å². The van der Waals surface area contributed by atoms with Crippen LogP contribution in [0.15, 0.2) is 35.5 Å². The highest BCUT2D eigenvalue weighted by molar-refractivity contribution is 7.92. The summed E-state index contributed by atoms with van der Waals surface area (Å²) in [6, 6.07) is 5.46. The summed E-state index contributed by atoms with van der Waals surface area (Å²) in [5, 5.41) is 10.2. The van der Waals surface area contributed by atoms with Crippen LogP contribution in [0.5, 0.6) is 0 Å². The fourth-order valence-corrected chi connectivity index (χ4v) is 5.34. The van der Waals surface area contributed by atoms with Crippen molar-refractivity contribution in [3.05, 3.63) is 47.4 Å². The van der Waals surface area contributed by atoms with Crippen LogP contribution in [-0.2, 0) is 14.6 Å². The van der Waals surface area contributed by atoms with Gasteiger partial charge in [0.05, 0.1) is 21.9 Å². The van der Waals surface area contributed by atoms with Gasteiger partial charge in [-0.3, -0.25) is 10.1 Å². The molecule has 0 bridgehead atoms. The van der Waals surface area contributed by atoms with Crippen molar-refractivity contribution in [1.29, 1.82) is 0 Å². The minimum absolute atomic E-state index is 0.355. The minimum atomic E-state index is -3.34. The highest BCUT2D eigenvalue weighted by Gasteiger charge is 2.30. The molecule has 2 N–H and O–H groups in total. The molecule has 0 atom stereocenters. The first-order chi connectivity index (χ1) is 13.8. The number of nitrogens with zero attached hydrogens (tertiary/aromatic N) is 2. The van der Waals surface area contributed by atoms with E-state index in [1.807, 2.05) is 46.1 Å². The summed E-state index contributed by atoms with van der Waals surface area (Å²) in [7, 11) is -1.52. The number of benzene rings is 1. The molecule has 0 unspecified atom stereocenters. The van der Waals surface area contributed by atoms with Gasteiger partial charge in [0.1, 0.15) is 0 Å². The predicted octanol–water partition coefficient (Wildman–Crippen LogP) is 3.56. The third kappa shape index (κ3) is 4.59. The van der Waals surface area contributed by atoms with Gasteiger partial charge in [0.2, 0.25) is 0 Å². The maximum absolute atomic E-state index is 13.0. The van der Waals surface area contributed by atoms with Gasteiger partial charge in [-0.05, 0) is 62.9 Å². The number of pyridine rings is 1. The number of sulfone groups is 1. The quantitative estimate of drug-likeness (QED) is 0.678. The monoisotopic (exact) mass is 416 g/mol. The second kappa shape index (κ2) is 8.92. The summed E-state index contributed by atoms with van der Waals surface area (Å²) in [6.45, 7) is 6.89. The van der Waals surface area contributed by atoms with Gasteiger partial charge in [0.15, 0.2) is 9.84 Å². The van der Waals surface area contributed by atoms with Crippen molar-refractivity contribution in [3.8, 4) is 0 Å². The zero-order valence-electron chi connectivity index (χ0n) is 17.3. The molecule has 0 saturated carbocycles. The number of nitrogens with one attached hydrogen (secondary N) is 2. The van der Waals surface area contributed by atoms with Gasteiger partial charge in [-0.2, -0.15) is 5.10 Å². The molecule has 0 aliphatic carbocycles. The first kappa shape index (κ1) is 21.3. The Labute approximate surface area is 171 Å². The molecule has 1 aromatic carbocycles. The van der Waals surface area contributed by atoms with Crippen LogP contribution in [0.25, 0.3) is 10.9 Å². The smallest absolute Gasteiger partial charge is 0.181 e. The van der Waals surface area contributed by atoms with Crippen molar-refractivity contribution in [3.63, 3.8) is 0 Å². The molecule has 29 heavy (non-hydrogen) atoms. The number of aryl methyl sites for hydroxylation is 3. The van der Waals surface area contributed by atoms with Crippen LogP contribution in [0.4, 0.5) is 5.69 Å². The SMILES string of the molecule is CNc1ccnc2cc(C)c(S(=O)(=O)C3CCOCC3)cc12.Cc1cn[nH]c1C. The van der Waals surface area contributed by atoms with Crippen molar-refractivity contribution in [2.24, 2.45) is 0 Å². The third-order valence-corrected chi connectivity index (χ3v) is 7.71. The molecule has 4 rings (SSSR count). The third-order valence-electron chi connectivity index (χ3n) is 5.30. The number of hydrogen-bond acceptors (Lipinski definition) is 6. The van der Waals surface area contributed by atoms with Crippen molar-refractivity contribution in [1.82, 2.24) is 15.2 Å². The molecule has 7 nitrogen and oxygen atoms in total. The summed E-state index contributed by atoms with van der Waals surface area (Å²) < 4.78 is 31.2. The van der Waals surface area contributed by atoms with E-state index < -0.39 is 9.84 Å². The van der Waals surface area contributed by atoms with E-state index in [1.165, 1.54) is 5.56 Å². The van der Waals surface area contributed by atoms with Gasteiger partial charge >= 0.3 is 0 Å². The number of rotatable bonds is 3. The number of ether oxygens (including phenoxy) is 1. The van der Waals surface area contributed by atoms with Crippen LogP contribution >= 0.6 is 0 Å². The predicted molar refractivity (Wildman–Crippen MR) is 115 cm³/mol. The van der Waals surface area contributed by atoms with Gasteiger partial charge < -0.3 is 10.1 Å². The summed E-state index contributed by atoms with van der Waals surface area (Å²) >= 11 is 0. The van der Waals surface area contributed by atoms with E-state index in [2.05, 4.69) is 20.5 Å². The lowest BCUT2D eigenvalue weighted by atomic mass is 10.1. The van der Waals surface area contributed by atoms with Crippen LogP contribution in [0.2, 0.25) is 0 Å². The zero-order valence-corrected chi connectivity index (χ0v) is 18.1. The van der Waals surface area contributed by atoms with E-state index in [0.29, 0.717) is 31.0 Å². The molecule has 2 aromatic heterocycles. The second-order valence-corrected chi connectivity index (χ2v) is 9.47. The van der Waals surface area contributed by atoms with Crippen LogP contribution in [0.1, 0.15) is 29.7 Å². The molecule has 156 valence electrons. The van der Waals surface area contributed by atoms with Gasteiger partial charge in [-0.15, -0.1) is 0 Å². The fourth-order valence-electron chi connectivity index (χ4n) is 3.38. The van der Waals surface area contributed by atoms with Crippen molar-refractivity contribution < 1.29 is 13.2 Å². The van der Waals surface area contributed by atoms with Crippen LogP contribution in [0, 0.1) is 20.8 Å². The number of aromatic nitrogens is 3. The van der Waals surface area contributed by atoms with Gasteiger partial charge in [0.25, 0.3) is 0 Å². The molecule has 8 heteroatoms. The number of hydrogen-bond donors (Lipinski definition) is 2. The Hall–Kier alpha value is -2.45. The van der Waals surface area contributed by atoms with Crippen molar-refractivity contribution in [2.75, 3.05) is 25.6 Å². The summed E-state index contributed by atoms with van der Waals surface area (Å²) in [5.74, 6) is 0. The molecule has 0 spiro atoms. The maximum Gasteiger partial charge on any atom is 0.181 e. The average molecular weight is 417 g/mol. The minimum Gasteiger partial charge on any atom is -0.388 e. The van der Waals surface area contributed by atoms with Crippen molar-refractivity contribution in [2.45, 2.75) is 43.8 Å². The number of anilines is 1. The number of H-pyrrole nitrogens is 1. The van der Waals surface area contributed by atoms with Gasteiger partial charge in [0, 0.05) is 43.2 Å². The molecule has 3 aromatic rings. The number of aromatic amines is 1. The maximum atomic E-state index is 13.0. The molecule has 1 saturated heterocycles. The Morgan fingerprint density at radius 1 is 1.14 bits per heavy atom. The molecule has 1 aliphatic heterocycles. The fraction of sp³-hybridized carbons (Fsp3) is 0.429. The van der Waals surface area contributed by atoms with Gasteiger partial charge in [-0.1, -0.05) is 0 Å². The first-order valence-electron chi connectivity index (χ1n) is 9.70. The lowest BCUT2D eigenvalue weighted by molar-refractivity contribution is 0.0983. The van der Waals surface area contributed by atoms with Crippen LogP contribution in [0.3, 0.4) is 0 Å². The Balaban J connectivity index is 0.000000290. The Kier molecular flexibility index (Phi) is 6.54. The van der Waals surface area contributed by atoms with E-state index in [-0.39, 0.29) is 5.25 Å². The molecule has 1 fully saturated rings. The first-order valence-corrected chi connectivity index (χ1v) is 11.2. The van der Waals surface area contributed by atoms with E-state index in [0.717, 1.165) is 27.8 Å². The number of fused-ring (bicyclic) bond motifs is 1. The average Bonchev–Trinajstić information content (AvgIpc) is 3.10. The molecule has 3 heterocycles.